The van der Waals surface area contributed by atoms with Gasteiger partial charge in [-0.2, -0.15) is 0 Å². The second-order valence-corrected chi connectivity index (χ2v) is 5.32. The number of pyridine rings is 1. The standard InChI is InChI=1S/C13H8Cl3N3/c14-8-3-1-7(2-4-8)5-11-17-10-6-9(15)12(16)19-13(10)18-11/h1-4,6H,5H2,(H,17,18,19). The number of imidazole rings is 1. The predicted octanol–water partition coefficient (Wildman–Crippen LogP) is 4.51. The molecule has 0 unspecified atom stereocenters. The lowest BCUT2D eigenvalue weighted by molar-refractivity contribution is 1.03. The fourth-order valence-corrected chi connectivity index (χ4v) is 2.24. The van der Waals surface area contributed by atoms with Crippen LogP contribution >= 0.6 is 34.8 Å². The van der Waals surface area contributed by atoms with E-state index < -0.39 is 0 Å². The molecule has 2 aromatic heterocycles. The molecule has 0 fully saturated rings. The van der Waals surface area contributed by atoms with Gasteiger partial charge in [0.25, 0.3) is 0 Å². The number of aromatic nitrogens is 3. The van der Waals surface area contributed by atoms with Gasteiger partial charge in [-0.05, 0) is 23.8 Å². The number of fused-ring (bicyclic) bond motifs is 1. The Kier molecular flexibility index (Phi) is 3.35. The van der Waals surface area contributed by atoms with Crippen LogP contribution in [0.4, 0.5) is 0 Å². The summed E-state index contributed by atoms with van der Waals surface area (Å²) in [5.74, 6) is 0.808. The molecule has 2 heterocycles. The van der Waals surface area contributed by atoms with Crippen LogP contribution in [0.5, 0.6) is 0 Å². The maximum Gasteiger partial charge on any atom is 0.179 e. The zero-order valence-electron chi connectivity index (χ0n) is 9.62. The van der Waals surface area contributed by atoms with Gasteiger partial charge in [0.1, 0.15) is 11.0 Å². The van der Waals surface area contributed by atoms with Crippen LogP contribution in [0.15, 0.2) is 30.3 Å². The SMILES string of the molecule is Clc1ccc(Cc2nc3nc(Cl)c(Cl)cc3[nH]2)cc1. The van der Waals surface area contributed by atoms with Gasteiger partial charge in [-0.1, -0.05) is 46.9 Å². The number of hydrogen-bond acceptors (Lipinski definition) is 2. The summed E-state index contributed by atoms with van der Waals surface area (Å²) in [6.07, 6.45) is 0.669. The molecule has 1 N–H and O–H groups in total. The number of nitrogens with zero attached hydrogens (tertiary/aromatic N) is 2. The molecule has 0 radical (unpaired) electrons. The molecule has 0 saturated heterocycles. The molecule has 0 spiro atoms. The minimum Gasteiger partial charge on any atom is -0.340 e. The summed E-state index contributed by atoms with van der Waals surface area (Å²) in [6, 6.07) is 9.35. The molecule has 0 atom stereocenters. The van der Waals surface area contributed by atoms with Crippen molar-refractivity contribution in [1.82, 2.24) is 15.0 Å². The van der Waals surface area contributed by atoms with Gasteiger partial charge in [-0.25, -0.2) is 9.97 Å². The molecule has 19 heavy (non-hydrogen) atoms. The van der Waals surface area contributed by atoms with Crippen LogP contribution in [0.25, 0.3) is 11.2 Å². The average Bonchev–Trinajstić information content (AvgIpc) is 2.74. The monoisotopic (exact) mass is 311 g/mol. The highest BCUT2D eigenvalue weighted by Gasteiger charge is 2.08. The van der Waals surface area contributed by atoms with E-state index in [0.717, 1.165) is 16.9 Å². The normalized spacial score (nSPS) is 11.1. The van der Waals surface area contributed by atoms with Crippen molar-refractivity contribution in [3.63, 3.8) is 0 Å². The first kappa shape index (κ1) is 12.7. The number of aromatic amines is 1. The van der Waals surface area contributed by atoms with E-state index in [4.69, 9.17) is 34.8 Å². The summed E-state index contributed by atoms with van der Waals surface area (Å²) >= 11 is 17.6. The number of halogens is 3. The largest absolute Gasteiger partial charge is 0.340 e. The third kappa shape index (κ3) is 2.68. The van der Waals surface area contributed by atoms with Crippen molar-refractivity contribution in [1.29, 1.82) is 0 Å². The van der Waals surface area contributed by atoms with Crippen molar-refractivity contribution in [3.8, 4) is 0 Å². The Morgan fingerprint density at radius 1 is 1.00 bits per heavy atom. The van der Waals surface area contributed by atoms with E-state index >= 15 is 0 Å². The van der Waals surface area contributed by atoms with Crippen LogP contribution in [-0.4, -0.2) is 15.0 Å². The molecule has 0 aliphatic rings. The predicted molar refractivity (Wildman–Crippen MR) is 78.2 cm³/mol. The molecule has 3 aromatic rings. The summed E-state index contributed by atoms with van der Waals surface area (Å²) in [6.45, 7) is 0. The lowest BCUT2D eigenvalue weighted by Crippen LogP contribution is -1.89. The van der Waals surface area contributed by atoms with E-state index in [-0.39, 0.29) is 5.15 Å². The molecular formula is C13H8Cl3N3. The highest BCUT2D eigenvalue weighted by Crippen LogP contribution is 2.23. The maximum absolute atomic E-state index is 5.92. The molecule has 0 aliphatic heterocycles. The maximum atomic E-state index is 5.92. The number of hydrogen-bond donors (Lipinski definition) is 1. The quantitative estimate of drug-likeness (QED) is 0.707. The van der Waals surface area contributed by atoms with Crippen molar-refractivity contribution in [2.24, 2.45) is 0 Å². The van der Waals surface area contributed by atoms with Gasteiger partial charge in [-0.3, -0.25) is 0 Å². The highest BCUT2D eigenvalue weighted by atomic mass is 35.5. The number of H-pyrrole nitrogens is 1. The molecule has 1 aromatic carbocycles. The van der Waals surface area contributed by atoms with Crippen LogP contribution < -0.4 is 0 Å². The Balaban J connectivity index is 1.95. The van der Waals surface area contributed by atoms with Crippen LogP contribution in [-0.2, 0) is 6.42 Å². The average molecular weight is 313 g/mol. The molecule has 0 bridgehead atoms. The van der Waals surface area contributed by atoms with E-state index in [1.54, 1.807) is 6.07 Å². The van der Waals surface area contributed by atoms with Gasteiger partial charge in [0.05, 0.1) is 10.5 Å². The van der Waals surface area contributed by atoms with Gasteiger partial charge in [0.2, 0.25) is 0 Å². The van der Waals surface area contributed by atoms with E-state index in [1.165, 1.54) is 0 Å². The lowest BCUT2D eigenvalue weighted by Gasteiger charge is -1.97. The highest BCUT2D eigenvalue weighted by molar-refractivity contribution is 6.41. The second-order valence-electron chi connectivity index (χ2n) is 4.12. The molecule has 0 aliphatic carbocycles. The van der Waals surface area contributed by atoms with E-state index in [0.29, 0.717) is 22.1 Å². The Morgan fingerprint density at radius 2 is 1.74 bits per heavy atom. The van der Waals surface area contributed by atoms with Crippen LogP contribution in [0.2, 0.25) is 15.2 Å². The molecule has 3 rings (SSSR count). The van der Waals surface area contributed by atoms with E-state index in [2.05, 4.69) is 15.0 Å². The summed E-state index contributed by atoms with van der Waals surface area (Å²) in [4.78, 5) is 11.7. The fourth-order valence-electron chi connectivity index (χ4n) is 1.83. The van der Waals surface area contributed by atoms with Crippen molar-refractivity contribution in [2.75, 3.05) is 0 Å². The molecule has 96 valence electrons. The fraction of sp³-hybridized carbons (Fsp3) is 0.0769. The van der Waals surface area contributed by atoms with Crippen molar-refractivity contribution < 1.29 is 0 Å². The summed E-state index contributed by atoms with van der Waals surface area (Å²) < 4.78 is 0. The van der Waals surface area contributed by atoms with Crippen LogP contribution in [0.1, 0.15) is 11.4 Å². The Bertz CT molecular complexity index is 696. The molecule has 3 nitrogen and oxygen atoms in total. The number of nitrogens with one attached hydrogen (secondary N) is 1. The van der Waals surface area contributed by atoms with Gasteiger partial charge >= 0.3 is 0 Å². The van der Waals surface area contributed by atoms with Gasteiger partial charge in [-0.15, -0.1) is 0 Å². The molecular weight excluding hydrogens is 305 g/mol. The van der Waals surface area contributed by atoms with Gasteiger partial charge in [0.15, 0.2) is 5.65 Å². The van der Waals surface area contributed by atoms with Crippen LogP contribution in [0.3, 0.4) is 0 Å². The van der Waals surface area contributed by atoms with Crippen molar-refractivity contribution in [3.05, 3.63) is 56.9 Å². The summed E-state index contributed by atoms with van der Waals surface area (Å²) in [5.41, 5.74) is 2.46. The molecule has 0 amide bonds. The zero-order valence-corrected chi connectivity index (χ0v) is 11.9. The van der Waals surface area contributed by atoms with Crippen molar-refractivity contribution >= 4 is 46.0 Å². The van der Waals surface area contributed by atoms with Crippen molar-refractivity contribution in [2.45, 2.75) is 6.42 Å². The van der Waals surface area contributed by atoms with Gasteiger partial charge in [0, 0.05) is 11.4 Å². The van der Waals surface area contributed by atoms with E-state index in [9.17, 15) is 0 Å². The first-order valence-corrected chi connectivity index (χ1v) is 6.70. The van der Waals surface area contributed by atoms with Crippen LogP contribution in [0, 0.1) is 0 Å². The smallest absolute Gasteiger partial charge is 0.179 e. The summed E-state index contributed by atoms with van der Waals surface area (Å²) in [5, 5.41) is 1.39. The second kappa shape index (κ2) is 5.00. The first-order valence-electron chi connectivity index (χ1n) is 5.57. The Labute approximate surface area is 124 Å². The van der Waals surface area contributed by atoms with Gasteiger partial charge < -0.3 is 4.98 Å². The zero-order chi connectivity index (χ0) is 13.4. The molecule has 6 heteroatoms. The Morgan fingerprint density at radius 3 is 2.47 bits per heavy atom. The van der Waals surface area contributed by atoms with E-state index in [1.807, 2.05) is 24.3 Å². The number of benzene rings is 1. The third-order valence-corrected chi connectivity index (χ3v) is 3.64. The topological polar surface area (TPSA) is 41.6 Å². The Hall–Kier alpha value is -1.29. The summed E-state index contributed by atoms with van der Waals surface area (Å²) in [7, 11) is 0. The number of rotatable bonds is 2. The minimum absolute atomic E-state index is 0.263. The third-order valence-electron chi connectivity index (χ3n) is 2.72. The molecule has 0 saturated carbocycles. The minimum atomic E-state index is 0.263. The lowest BCUT2D eigenvalue weighted by atomic mass is 10.1. The first-order chi connectivity index (χ1) is 9.11.